The molecule has 0 aliphatic rings. The summed E-state index contributed by atoms with van der Waals surface area (Å²) in [7, 11) is 0. The predicted octanol–water partition coefficient (Wildman–Crippen LogP) is 5.85. The van der Waals surface area contributed by atoms with Crippen LogP contribution in [0.5, 0.6) is 0 Å². The molecule has 1 aromatic rings. The lowest BCUT2D eigenvalue weighted by Crippen LogP contribution is -2.25. The van der Waals surface area contributed by atoms with E-state index in [1.54, 1.807) is 0 Å². The smallest absolute Gasteiger partial charge is 0.311 e. The number of rotatable bonds is 12. The van der Waals surface area contributed by atoms with Gasteiger partial charge in [-0.15, -0.1) is 0 Å². The highest BCUT2D eigenvalue weighted by atomic mass is 16.4. The van der Waals surface area contributed by atoms with Crippen LogP contribution in [-0.2, 0) is 16.0 Å². The molecule has 0 aliphatic heterocycles. The molecule has 0 heterocycles. The Morgan fingerprint density at radius 1 is 0.852 bits per heavy atom. The minimum atomic E-state index is -0.890. The highest BCUT2D eigenvalue weighted by Crippen LogP contribution is 2.38. The van der Waals surface area contributed by atoms with Gasteiger partial charge in [0.2, 0.25) is 0 Å². The number of benzene rings is 1. The summed E-state index contributed by atoms with van der Waals surface area (Å²) in [6.07, 6.45) is 6.49. The zero-order valence-electron chi connectivity index (χ0n) is 17.5. The highest BCUT2D eigenvalue weighted by molar-refractivity contribution is 5.81. The Morgan fingerprint density at radius 3 is 1.89 bits per heavy atom. The third kappa shape index (κ3) is 6.37. The molecule has 0 spiro atoms. The van der Waals surface area contributed by atoms with Gasteiger partial charge in [-0.2, -0.15) is 0 Å². The zero-order chi connectivity index (χ0) is 20.6. The molecule has 0 aliphatic carbocycles. The van der Waals surface area contributed by atoms with Crippen LogP contribution in [0.1, 0.15) is 95.2 Å². The Morgan fingerprint density at radius 2 is 1.41 bits per heavy atom. The maximum Gasteiger partial charge on any atom is 0.311 e. The SMILES string of the molecule is CCCCCCCc1cccc(C(C(=O)O)C(C)C)c1C(C(=O)O)C(C)C. The molecule has 0 radical (unpaired) electrons. The van der Waals surface area contributed by atoms with Crippen molar-refractivity contribution in [3.05, 3.63) is 34.9 Å². The third-order valence-corrected chi connectivity index (χ3v) is 5.29. The van der Waals surface area contributed by atoms with E-state index >= 15 is 0 Å². The van der Waals surface area contributed by atoms with E-state index < -0.39 is 23.8 Å². The molecule has 1 aromatic carbocycles. The number of carboxylic acids is 2. The van der Waals surface area contributed by atoms with Crippen molar-refractivity contribution in [2.45, 2.75) is 85.0 Å². The van der Waals surface area contributed by atoms with Crippen LogP contribution in [0.4, 0.5) is 0 Å². The highest BCUT2D eigenvalue weighted by Gasteiger charge is 2.34. The average molecular weight is 377 g/mol. The van der Waals surface area contributed by atoms with E-state index in [1.807, 2.05) is 45.9 Å². The summed E-state index contributed by atoms with van der Waals surface area (Å²) in [6, 6.07) is 5.68. The molecule has 27 heavy (non-hydrogen) atoms. The van der Waals surface area contributed by atoms with E-state index in [-0.39, 0.29) is 11.8 Å². The number of hydrogen-bond donors (Lipinski definition) is 2. The van der Waals surface area contributed by atoms with Crippen molar-refractivity contribution in [1.82, 2.24) is 0 Å². The molecule has 2 N–H and O–H groups in total. The number of aryl methyl sites for hydroxylation is 1. The Balaban J connectivity index is 3.39. The van der Waals surface area contributed by atoms with Crippen molar-refractivity contribution in [2.24, 2.45) is 11.8 Å². The molecule has 2 atom stereocenters. The van der Waals surface area contributed by atoms with Gasteiger partial charge in [-0.25, -0.2) is 0 Å². The quantitative estimate of drug-likeness (QED) is 0.449. The molecule has 0 amide bonds. The second kappa shape index (κ2) is 11.1. The number of carbonyl (C=O) groups is 2. The summed E-state index contributed by atoms with van der Waals surface area (Å²) >= 11 is 0. The van der Waals surface area contributed by atoms with Crippen molar-refractivity contribution in [3.63, 3.8) is 0 Å². The second-order valence-electron chi connectivity index (χ2n) is 8.20. The molecule has 0 saturated heterocycles. The van der Waals surface area contributed by atoms with Gasteiger partial charge >= 0.3 is 11.9 Å². The molecule has 0 bridgehead atoms. The summed E-state index contributed by atoms with van der Waals surface area (Å²) in [5, 5.41) is 19.7. The lowest BCUT2D eigenvalue weighted by atomic mass is 9.76. The average Bonchev–Trinajstić information content (AvgIpc) is 2.55. The number of carboxylic acid groups (broad SMARTS) is 2. The third-order valence-electron chi connectivity index (χ3n) is 5.29. The summed E-state index contributed by atoms with van der Waals surface area (Å²) in [5.41, 5.74) is 2.40. The Hall–Kier alpha value is -1.84. The van der Waals surface area contributed by atoms with E-state index in [4.69, 9.17) is 0 Å². The normalized spacial score (nSPS) is 13.7. The summed E-state index contributed by atoms with van der Waals surface area (Å²) in [6.45, 7) is 9.73. The fourth-order valence-corrected chi connectivity index (χ4v) is 3.94. The largest absolute Gasteiger partial charge is 0.481 e. The molecule has 0 aromatic heterocycles. The van der Waals surface area contributed by atoms with Crippen LogP contribution in [0.3, 0.4) is 0 Å². The Labute approximate surface area is 164 Å². The maximum absolute atomic E-state index is 12.1. The van der Waals surface area contributed by atoms with Gasteiger partial charge in [0.05, 0.1) is 11.8 Å². The summed E-state index contributed by atoms with van der Waals surface area (Å²) in [5.74, 6) is -3.36. The molecular formula is C23H36O4. The van der Waals surface area contributed by atoms with Crippen LogP contribution in [0, 0.1) is 11.8 Å². The van der Waals surface area contributed by atoms with Crippen molar-refractivity contribution < 1.29 is 19.8 Å². The van der Waals surface area contributed by atoms with Crippen molar-refractivity contribution in [1.29, 1.82) is 0 Å². The monoisotopic (exact) mass is 376 g/mol. The molecule has 0 fully saturated rings. The van der Waals surface area contributed by atoms with Gasteiger partial charge in [0, 0.05) is 0 Å². The predicted molar refractivity (Wildman–Crippen MR) is 109 cm³/mol. The zero-order valence-corrected chi connectivity index (χ0v) is 17.5. The fourth-order valence-electron chi connectivity index (χ4n) is 3.94. The Kier molecular flexibility index (Phi) is 9.54. The Bertz CT molecular complexity index is 619. The van der Waals surface area contributed by atoms with Crippen molar-refractivity contribution in [3.8, 4) is 0 Å². The first-order valence-corrected chi connectivity index (χ1v) is 10.3. The first kappa shape index (κ1) is 23.2. The summed E-state index contributed by atoms with van der Waals surface area (Å²) < 4.78 is 0. The van der Waals surface area contributed by atoms with Crippen LogP contribution < -0.4 is 0 Å². The number of aliphatic carboxylic acids is 2. The van der Waals surface area contributed by atoms with Crippen molar-refractivity contribution >= 4 is 11.9 Å². The van der Waals surface area contributed by atoms with Crippen LogP contribution in [-0.4, -0.2) is 22.2 Å². The van der Waals surface area contributed by atoms with Crippen LogP contribution in [0.15, 0.2) is 18.2 Å². The lowest BCUT2D eigenvalue weighted by Gasteiger charge is -2.27. The van der Waals surface area contributed by atoms with E-state index in [0.717, 1.165) is 30.4 Å². The van der Waals surface area contributed by atoms with Gasteiger partial charge in [-0.1, -0.05) is 78.5 Å². The van der Waals surface area contributed by atoms with Crippen LogP contribution in [0.2, 0.25) is 0 Å². The number of hydrogen-bond acceptors (Lipinski definition) is 2. The van der Waals surface area contributed by atoms with E-state index in [9.17, 15) is 19.8 Å². The van der Waals surface area contributed by atoms with Gasteiger partial charge in [0.15, 0.2) is 0 Å². The van der Waals surface area contributed by atoms with Crippen LogP contribution >= 0.6 is 0 Å². The first-order chi connectivity index (χ1) is 12.7. The number of unbranched alkanes of at least 4 members (excludes halogenated alkanes) is 4. The van der Waals surface area contributed by atoms with Gasteiger partial charge in [0.1, 0.15) is 0 Å². The topological polar surface area (TPSA) is 74.6 Å². The van der Waals surface area contributed by atoms with E-state index in [0.29, 0.717) is 5.56 Å². The van der Waals surface area contributed by atoms with Crippen LogP contribution in [0.25, 0.3) is 0 Å². The molecule has 0 saturated carbocycles. The standard InChI is InChI=1S/C23H36O4/c1-6-7-8-9-10-12-17-13-11-14-18(19(15(2)3)22(24)25)21(17)20(16(4)5)23(26)27/h11,13-16,19-20H,6-10,12H2,1-5H3,(H,24,25)(H,26,27). The molecule has 1 rings (SSSR count). The van der Waals surface area contributed by atoms with E-state index in [1.165, 1.54) is 19.3 Å². The second-order valence-corrected chi connectivity index (χ2v) is 8.20. The van der Waals surface area contributed by atoms with Gasteiger partial charge in [-0.3, -0.25) is 9.59 Å². The van der Waals surface area contributed by atoms with Crippen molar-refractivity contribution in [2.75, 3.05) is 0 Å². The first-order valence-electron chi connectivity index (χ1n) is 10.3. The molecule has 4 heteroatoms. The molecular weight excluding hydrogens is 340 g/mol. The molecule has 4 nitrogen and oxygen atoms in total. The minimum absolute atomic E-state index is 0.107. The minimum Gasteiger partial charge on any atom is -0.481 e. The summed E-state index contributed by atoms with van der Waals surface area (Å²) in [4.78, 5) is 24.0. The van der Waals surface area contributed by atoms with Gasteiger partial charge in [-0.05, 0) is 41.4 Å². The van der Waals surface area contributed by atoms with Gasteiger partial charge < -0.3 is 10.2 Å². The lowest BCUT2D eigenvalue weighted by molar-refractivity contribution is -0.141. The maximum atomic E-state index is 12.1. The fraction of sp³-hybridized carbons (Fsp3) is 0.652. The van der Waals surface area contributed by atoms with Gasteiger partial charge in [0.25, 0.3) is 0 Å². The van der Waals surface area contributed by atoms with E-state index in [2.05, 4.69) is 6.92 Å². The molecule has 2 unspecified atom stereocenters. The molecule has 152 valence electrons.